The number of carbonyl (C=O) groups excluding carboxylic acids is 3. The summed E-state index contributed by atoms with van der Waals surface area (Å²) in [4.78, 5) is 37.5. The quantitative estimate of drug-likeness (QED) is 0.406. The van der Waals surface area contributed by atoms with Gasteiger partial charge in [0.05, 0.1) is 28.4 Å². The average molecular weight is 536 g/mol. The van der Waals surface area contributed by atoms with Crippen LogP contribution >= 0.6 is 11.6 Å². The molecule has 12 heteroatoms. The molecule has 1 atom stereocenters. The maximum atomic E-state index is 15.5. The summed E-state index contributed by atoms with van der Waals surface area (Å²) in [6, 6.07) is 4.22. The van der Waals surface area contributed by atoms with Crippen molar-refractivity contribution >= 4 is 35.0 Å². The first-order chi connectivity index (χ1) is 17.4. The predicted octanol–water partition coefficient (Wildman–Crippen LogP) is 5.12. The fraction of sp³-hybridized carbons (Fsp3) is 0.160. The maximum absolute atomic E-state index is 15.5. The molecule has 3 aromatic rings. The molecule has 0 saturated heterocycles. The minimum Gasteiger partial charge on any atom is -0.366 e. The molecule has 0 spiro atoms. The molecule has 0 radical (unpaired) electrons. The lowest BCUT2D eigenvalue weighted by Gasteiger charge is -2.24. The monoisotopic (exact) mass is 535 g/mol. The summed E-state index contributed by atoms with van der Waals surface area (Å²) in [7, 11) is 0. The Morgan fingerprint density at radius 3 is 2.43 bits per heavy atom. The number of aryl methyl sites for hydroxylation is 1. The standard InChI is InChI=1S/C25H15ClF5N3O3/c26-15-3-2-11(27)8-12(15)22-19-13(5-9-1-4-17(35)33-21(9)20(19)24(37)34-22)18-14(23(32)36)6-10(7-16(18)28)25(29,30)31/h2-3,5-8,22H,1,4H2,(H2,32,36)(H,33,35)(H,34,37). The summed E-state index contributed by atoms with van der Waals surface area (Å²) in [5, 5.41) is 5.27. The number of carbonyl (C=O) groups is 3. The molecule has 1 unspecified atom stereocenters. The first kappa shape index (κ1) is 24.7. The summed E-state index contributed by atoms with van der Waals surface area (Å²) in [6.07, 6.45) is -4.81. The van der Waals surface area contributed by atoms with Crippen LogP contribution in [0.3, 0.4) is 0 Å². The van der Waals surface area contributed by atoms with Crippen molar-refractivity contribution in [3.05, 3.63) is 86.4 Å². The smallest absolute Gasteiger partial charge is 0.366 e. The third-order valence-electron chi connectivity index (χ3n) is 6.35. The van der Waals surface area contributed by atoms with E-state index >= 15 is 4.39 Å². The lowest BCUT2D eigenvalue weighted by Crippen LogP contribution is -2.23. The second kappa shape index (κ2) is 8.55. The molecule has 3 amide bonds. The highest BCUT2D eigenvalue weighted by Crippen LogP contribution is 2.47. The molecule has 0 bridgehead atoms. The summed E-state index contributed by atoms with van der Waals surface area (Å²) < 4.78 is 69.7. The van der Waals surface area contributed by atoms with Crippen LogP contribution in [0.5, 0.6) is 0 Å². The molecule has 0 aromatic heterocycles. The lowest BCUT2D eigenvalue weighted by atomic mass is 9.83. The number of primary amides is 1. The zero-order chi connectivity index (χ0) is 26.8. The Bertz CT molecular complexity index is 1540. The zero-order valence-corrected chi connectivity index (χ0v) is 19.3. The number of anilines is 1. The van der Waals surface area contributed by atoms with Gasteiger partial charge in [0.1, 0.15) is 11.6 Å². The lowest BCUT2D eigenvalue weighted by molar-refractivity contribution is -0.137. The summed E-state index contributed by atoms with van der Waals surface area (Å²) in [5.74, 6) is -4.55. The second-order valence-corrected chi connectivity index (χ2v) is 9.02. The van der Waals surface area contributed by atoms with Gasteiger partial charge in [0.15, 0.2) is 0 Å². The van der Waals surface area contributed by atoms with E-state index in [9.17, 15) is 31.9 Å². The van der Waals surface area contributed by atoms with Gasteiger partial charge in [-0.25, -0.2) is 8.78 Å². The van der Waals surface area contributed by atoms with Gasteiger partial charge in [0.2, 0.25) is 11.8 Å². The van der Waals surface area contributed by atoms with Crippen LogP contribution in [0.15, 0.2) is 36.4 Å². The number of hydrogen-bond acceptors (Lipinski definition) is 3. The molecule has 0 aliphatic carbocycles. The fourth-order valence-electron chi connectivity index (χ4n) is 4.77. The number of fused-ring (bicyclic) bond motifs is 3. The van der Waals surface area contributed by atoms with Gasteiger partial charge < -0.3 is 16.4 Å². The minimum atomic E-state index is -4.97. The topological polar surface area (TPSA) is 101 Å². The van der Waals surface area contributed by atoms with Gasteiger partial charge in [-0.15, -0.1) is 0 Å². The summed E-state index contributed by atoms with van der Waals surface area (Å²) >= 11 is 6.28. The van der Waals surface area contributed by atoms with E-state index in [0.717, 1.165) is 12.1 Å². The molecule has 190 valence electrons. The van der Waals surface area contributed by atoms with E-state index in [1.807, 2.05) is 0 Å². The fourth-order valence-corrected chi connectivity index (χ4v) is 5.00. The van der Waals surface area contributed by atoms with Gasteiger partial charge in [-0.05, 0) is 53.9 Å². The Balaban J connectivity index is 1.88. The first-order valence-electron chi connectivity index (χ1n) is 10.8. The van der Waals surface area contributed by atoms with Crippen LogP contribution in [0.1, 0.15) is 55.4 Å². The highest BCUT2D eigenvalue weighted by Gasteiger charge is 2.40. The molecule has 5 rings (SSSR count). The Labute approximate surface area is 210 Å². The number of amides is 3. The molecule has 37 heavy (non-hydrogen) atoms. The molecule has 2 aliphatic heterocycles. The molecule has 4 N–H and O–H groups in total. The van der Waals surface area contributed by atoms with Crippen LogP contribution in [0, 0.1) is 11.6 Å². The van der Waals surface area contributed by atoms with Crippen LogP contribution in [-0.2, 0) is 17.4 Å². The van der Waals surface area contributed by atoms with Crippen molar-refractivity contribution in [2.24, 2.45) is 5.73 Å². The second-order valence-electron chi connectivity index (χ2n) is 8.61. The molecular weight excluding hydrogens is 521 g/mol. The van der Waals surface area contributed by atoms with Crippen molar-refractivity contribution in [2.75, 3.05) is 5.32 Å². The van der Waals surface area contributed by atoms with Gasteiger partial charge in [-0.1, -0.05) is 11.6 Å². The van der Waals surface area contributed by atoms with Crippen LogP contribution in [0.2, 0.25) is 5.02 Å². The number of nitrogens with one attached hydrogen (secondary N) is 2. The van der Waals surface area contributed by atoms with E-state index in [0.29, 0.717) is 11.6 Å². The average Bonchev–Trinajstić information content (AvgIpc) is 3.16. The van der Waals surface area contributed by atoms with Crippen LogP contribution < -0.4 is 16.4 Å². The van der Waals surface area contributed by atoms with E-state index in [1.165, 1.54) is 12.1 Å². The Hall–Kier alpha value is -3.99. The highest BCUT2D eigenvalue weighted by atomic mass is 35.5. The molecule has 6 nitrogen and oxygen atoms in total. The van der Waals surface area contributed by atoms with Crippen LogP contribution in [0.4, 0.5) is 27.6 Å². The molecular formula is C25H15ClF5N3O3. The number of rotatable bonds is 3. The van der Waals surface area contributed by atoms with Gasteiger partial charge in [-0.3, -0.25) is 14.4 Å². The highest BCUT2D eigenvalue weighted by molar-refractivity contribution is 6.31. The predicted molar refractivity (Wildman–Crippen MR) is 123 cm³/mol. The van der Waals surface area contributed by atoms with Gasteiger partial charge in [-0.2, -0.15) is 13.2 Å². The van der Waals surface area contributed by atoms with E-state index in [-0.39, 0.29) is 57.8 Å². The summed E-state index contributed by atoms with van der Waals surface area (Å²) in [6.45, 7) is 0. The van der Waals surface area contributed by atoms with Gasteiger partial charge >= 0.3 is 6.18 Å². The molecule has 3 aromatic carbocycles. The maximum Gasteiger partial charge on any atom is 0.416 e. The molecule has 2 heterocycles. The Morgan fingerprint density at radius 2 is 1.76 bits per heavy atom. The van der Waals surface area contributed by atoms with E-state index in [2.05, 4.69) is 10.6 Å². The number of alkyl halides is 3. The van der Waals surface area contributed by atoms with E-state index in [4.69, 9.17) is 17.3 Å². The SMILES string of the molecule is NC(=O)c1cc(C(F)(F)F)cc(F)c1-c1cc2c(c3c1C(c1cc(F)ccc1Cl)NC3=O)NC(=O)CC2. The van der Waals surface area contributed by atoms with Gasteiger partial charge in [0, 0.05) is 28.1 Å². The molecule has 0 saturated carbocycles. The number of hydrogen-bond donors (Lipinski definition) is 3. The van der Waals surface area contributed by atoms with Crippen LogP contribution in [-0.4, -0.2) is 17.7 Å². The number of halogens is 6. The van der Waals surface area contributed by atoms with Crippen molar-refractivity contribution in [2.45, 2.75) is 25.1 Å². The summed E-state index contributed by atoms with van der Waals surface area (Å²) in [5.41, 5.74) is 3.00. The zero-order valence-electron chi connectivity index (χ0n) is 18.5. The number of benzene rings is 3. The molecule has 0 fully saturated rings. The van der Waals surface area contributed by atoms with Crippen molar-refractivity contribution in [1.82, 2.24) is 5.32 Å². The van der Waals surface area contributed by atoms with E-state index < -0.39 is 52.4 Å². The van der Waals surface area contributed by atoms with Gasteiger partial charge in [0.25, 0.3) is 5.91 Å². The Morgan fingerprint density at radius 1 is 1.03 bits per heavy atom. The largest absolute Gasteiger partial charge is 0.416 e. The van der Waals surface area contributed by atoms with Crippen molar-refractivity contribution in [3.8, 4) is 11.1 Å². The first-order valence-corrected chi connectivity index (χ1v) is 11.2. The van der Waals surface area contributed by atoms with E-state index in [1.54, 1.807) is 0 Å². The minimum absolute atomic E-state index is 0.000362. The van der Waals surface area contributed by atoms with Crippen LogP contribution in [0.25, 0.3) is 11.1 Å². The Kier molecular flexibility index (Phi) is 5.70. The third-order valence-corrected chi connectivity index (χ3v) is 6.69. The number of nitrogens with two attached hydrogens (primary N) is 1. The van der Waals surface area contributed by atoms with Crippen molar-refractivity contribution in [1.29, 1.82) is 0 Å². The normalized spacial score (nSPS) is 16.6. The van der Waals surface area contributed by atoms with Crippen molar-refractivity contribution < 1.29 is 36.3 Å². The third kappa shape index (κ3) is 4.08. The van der Waals surface area contributed by atoms with Crippen molar-refractivity contribution in [3.63, 3.8) is 0 Å². The molecule has 2 aliphatic rings.